The zero-order valence-electron chi connectivity index (χ0n) is 19.8. The Bertz CT molecular complexity index is 1170. The molecule has 2 aromatic carbocycles. The molecule has 0 saturated carbocycles. The van der Waals surface area contributed by atoms with Gasteiger partial charge in [0.1, 0.15) is 14.1 Å². The molecule has 0 amide bonds. The average molecular weight is 401 g/mol. The average Bonchev–Trinajstić information content (AvgIpc) is 2.67. The van der Waals surface area contributed by atoms with Gasteiger partial charge in [-0.05, 0) is 40.2 Å². The van der Waals surface area contributed by atoms with Crippen molar-refractivity contribution in [3.8, 4) is 0 Å². The molecule has 0 spiro atoms. The van der Waals surface area contributed by atoms with Gasteiger partial charge in [-0.3, -0.25) is 0 Å². The fourth-order valence-corrected chi connectivity index (χ4v) is 3.85. The van der Waals surface area contributed by atoms with Crippen LogP contribution in [0, 0.1) is 0 Å². The van der Waals surface area contributed by atoms with Crippen molar-refractivity contribution in [1.82, 2.24) is 0 Å². The first-order chi connectivity index (χ1) is 14.0. The summed E-state index contributed by atoms with van der Waals surface area (Å²) in [5.74, 6) is 0. The van der Waals surface area contributed by atoms with Crippen LogP contribution in [0.3, 0.4) is 0 Å². The Morgan fingerprint density at radius 2 is 1.27 bits per heavy atom. The Balaban J connectivity index is 0.000000171. The number of pyridine rings is 2. The summed E-state index contributed by atoms with van der Waals surface area (Å²) in [4.78, 5) is 0. The number of nitrogens with zero attached hydrogens (tertiary/aromatic N) is 2. The first-order valence-corrected chi connectivity index (χ1v) is 10.8. The van der Waals surface area contributed by atoms with Crippen molar-refractivity contribution < 1.29 is 9.13 Å². The molecule has 4 aromatic rings. The first kappa shape index (κ1) is 22.0. The third-order valence-electron chi connectivity index (χ3n) is 5.71. The maximum atomic E-state index is 2.29. The van der Waals surface area contributed by atoms with E-state index in [2.05, 4.69) is 138 Å². The number of fused-ring (bicyclic) bond motifs is 2. The fraction of sp³-hybridized carbons (Fsp3) is 0.357. The summed E-state index contributed by atoms with van der Waals surface area (Å²) < 4.78 is 4.33. The molecule has 0 saturated heterocycles. The number of para-hydroxylation sites is 1. The number of hydrogen-bond acceptors (Lipinski definition) is 0. The van der Waals surface area contributed by atoms with Gasteiger partial charge in [-0.25, -0.2) is 9.13 Å². The Hall–Kier alpha value is -2.74. The van der Waals surface area contributed by atoms with Gasteiger partial charge in [0.15, 0.2) is 12.4 Å². The van der Waals surface area contributed by atoms with Crippen molar-refractivity contribution in [2.75, 3.05) is 0 Å². The molecule has 0 aliphatic heterocycles. The van der Waals surface area contributed by atoms with E-state index in [0.29, 0.717) is 0 Å². The van der Waals surface area contributed by atoms with Gasteiger partial charge >= 0.3 is 0 Å². The molecule has 2 heteroatoms. The molecule has 2 nitrogen and oxygen atoms in total. The number of benzene rings is 2. The maximum absolute atomic E-state index is 2.29. The SMILES string of the molecule is C[n+]1ccc(C(C)(C)C)c2ccccc21.C[n+]1cccc2cc(C(C)(C)C)ccc21. The van der Waals surface area contributed by atoms with Crippen LogP contribution in [0.2, 0.25) is 0 Å². The lowest BCUT2D eigenvalue weighted by molar-refractivity contribution is -0.645. The molecule has 0 bridgehead atoms. The Morgan fingerprint density at radius 1 is 0.600 bits per heavy atom. The molecule has 0 aliphatic rings. The quantitative estimate of drug-likeness (QED) is 0.324. The summed E-state index contributed by atoms with van der Waals surface area (Å²) in [7, 11) is 4.17. The van der Waals surface area contributed by atoms with Crippen LogP contribution in [0.4, 0.5) is 0 Å². The van der Waals surface area contributed by atoms with E-state index in [0.717, 1.165) is 0 Å². The highest BCUT2D eigenvalue weighted by Crippen LogP contribution is 2.28. The summed E-state index contributed by atoms with van der Waals surface area (Å²) in [6.07, 6.45) is 4.22. The monoisotopic (exact) mass is 400 g/mol. The third-order valence-corrected chi connectivity index (χ3v) is 5.71. The highest BCUT2D eigenvalue weighted by molar-refractivity contribution is 5.80. The predicted octanol–water partition coefficient (Wildman–Crippen LogP) is 5.92. The van der Waals surface area contributed by atoms with Crippen LogP contribution < -0.4 is 9.13 Å². The molecule has 4 rings (SSSR count). The lowest BCUT2D eigenvalue weighted by Crippen LogP contribution is -2.29. The third kappa shape index (κ3) is 4.70. The van der Waals surface area contributed by atoms with E-state index in [4.69, 9.17) is 0 Å². The van der Waals surface area contributed by atoms with Gasteiger partial charge in [-0.2, -0.15) is 0 Å². The minimum absolute atomic E-state index is 0.202. The predicted molar refractivity (Wildman–Crippen MR) is 128 cm³/mol. The summed E-state index contributed by atoms with van der Waals surface area (Å²) in [5.41, 5.74) is 5.81. The maximum Gasteiger partial charge on any atom is 0.212 e. The molecule has 2 heterocycles. The van der Waals surface area contributed by atoms with Gasteiger partial charge in [0.25, 0.3) is 0 Å². The van der Waals surface area contributed by atoms with Gasteiger partial charge < -0.3 is 0 Å². The van der Waals surface area contributed by atoms with Gasteiger partial charge in [0, 0.05) is 29.7 Å². The van der Waals surface area contributed by atoms with Crippen molar-refractivity contribution in [1.29, 1.82) is 0 Å². The standard InChI is InChI=1S/2C14H18N/c1-14(2,3)12-7-8-13-11(10-12)6-5-9-15(13)4;1-14(2,3)12-9-10-15(4)13-8-6-5-7-11(12)13/h2*5-10H,1-4H3/q2*+1. The van der Waals surface area contributed by atoms with E-state index < -0.39 is 0 Å². The highest BCUT2D eigenvalue weighted by atomic mass is 14.9. The Kier molecular flexibility index (Phi) is 5.99. The van der Waals surface area contributed by atoms with Gasteiger partial charge in [0.2, 0.25) is 11.0 Å². The normalized spacial score (nSPS) is 12.0. The van der Waals surface area contributed by atoms with Crippen LogP contribution in [-0.2, 0) is 24.9 Å². The van der Waals surface area contributed by atoms with Gasteiger partial charge in [-0.1, -0.05) is 59.7 Å². The number of rotatable bonds is 0. The Labute approximate surface area is 181 Å². The van der Waals surface area contributed by atoms with Crippen LogP contribution in [0.15, 0.2) is 73.1 Å². The van der Waals surface area contributed by atoms with E-state index in [1.54, 1.807) is 0 Å². The van der Waals surface area contributed by atoms with E-state index in [9.17, 15) is 0 Å². The van der Waals surface area contributed by atoms with Crippen LogP contribution >= 0.6 is 0 Å². The van der Waals surface area contributed by atoms with Crippen LogP contribution in [0.1, 0.15) is 52.7 Å². The van der Waals surface area contributed by atoms with Gasteiger partial charge in [0.05, 0.1) is 5.39 Å². The molecule has 0 fully saturated rings. The lowest BCUT2D eigenvalue weighted by atomic mass is 9.85. The largest absolute Gasteiger partial charge is 0.212 e. The molecule has 0 radical (unpaired) electrons. The fourth-order valence-electron chi connectivity index (χ4n) is 3.85. The number of aryl methyl sites for hydroxylation is 2. The molecule has 156 valence electrons. The topological polar surface area (TPSA) is 7.76 Å². The molecular formula is C28H36N2+2. The first-order valence-electron chi connectivity index (χ1n) is 10.8. The summed E-state index contributed by atoms with van der Waals surface area (Å²) in [5, 5.41) is 2.67. The van der Waals surface area contributed by atoms with E-state index in [1.807, 2.05) is 0 Å². The number of aromatic nitrogens is 2. The smallest absolute Gasteiger partial charge is 0.201 e. The summed E-state index contributed by atoms with van der Waals surface area (Å²) >= 11 is 0. The second-order valence-electron chi connectivity index (χ2n) is 10.3. The van der Waals surface area contributed by atoms with Crippen LogP contribution in [0.5, 0.6) is 0 Å². The summed E-state index contributed by atoms with van der Waals surface area (Å²) in [6.45, 7) is 13.5. The molecule has 0 unspecified atom stereocenters. The van der Waals surface area contributed by atoms with Crippen molar-refractivity contribution >= 4 is 21.8 Å². The van der Waals surface area contributed by atoms with Crippen molar-refractivity contribution in [2.45, 2.75) is 52.4 Å². The molecule has 2 aromatic heterocycles. The molecule has 30 heavy (non-hydrogen) atoms. The minimum Gasteiger partial charge on any atom is -0.201 e. The molecular weight excluding hydrogens is 364 g/mol. The molecule has 0 N–H and O–H groups in total. The minimum atomic E-state index is 0.202. The lowest BCUT2D eigenvalue weighted by Gasteiger charge is -2.19. The highest BCUT2D eigenvalue weighted by Gasteiger charge is 2.19. The van der Waals surface area contributed by atoms with Crippen molar-refractivity contribution in [3.63, 3.8) is 0 Å². The van der Waals surface area contributed by atoms with E-state index in [-0.39, 0.29) is 10.8 Å². The van der Waals surface area contributed by atoms with Crippen LogP contribution in [-0.4, -0.2) is 0 Å². The van der Waals surface area contributed by atoms with Crippen molar-refractivity contribution in [3.05, 3.63) is 84.2 Å². The second kappa shape index (κ2) is 8.18. The van der Waals surface area contributed by atoms with E-state index in [1.165, 1.54) is 32.9 Å². The zero-order valence-corrected chi connectivity index (χ0v) is 19.8. The second-order valence-corrected chi connectivity index (χ2v) is 10.3. The van der Waals surface area contributed by atoms with E-state index >= 15 is 0 Å². The molecule has 0 atom stereocenters. The summed E-state index contributed by atoms with van der Waals surface area (Å²) in [6, 6.07) is 21.8. The van der Waals surface area contributed by atoms with Gasteiger partial charge in [-0.15, -0.1) is 0 Å². The molecule has 0 aliphatic carbocycles. The number of hydrogen-bond donors (Lipinski definition) is 0. The van der Waals surface area contributed by atoms with Crippen molar-refractivity contribution in [2.24, 2.45) is 14.1 Å². The Morgan fingerprint density at radius 3 is 1.93 bits per heavy atom. The van der Waals surface area contributed by atoms with Crippen LogP contribution in [0.25, 0.3) is 21.8 Å². The zero-order chi connectivity index (χ0) is 22.1.